The lowest BCUT2D eigenvalue weighted by molar-refractivity contribution is -0.142. The smallest absolute Gasteiger partial charge is 0.331 e. The Morgan fingerprint density at radius 2 is 1.90 bits per heavy atom. The van der Waals surface area contributed by atoms with Crippen LogP contribution >= 0.6 is 0 Å². The van der Waals surface area contributed by atoms with Crippen LogP contribution in [0.4, 0.5) is 10.1 Å². The number of hydrogen-bond donors (Lipinski definition) is 1. The van der Waals surface area contributed by atoms with Gasteiger partial charge in [0.15, 0.2) is 18.1 Å². The second-order valence-electron chi connectivity index (χ2n) is 6.34. The summed E-state index contributed by atoms with van der Waals surface area (Å²) >= 11 is 0. The number of rotatable bonds is 11. The van der Waals surface area contributed by atoms with Crippen LogP contribution in [0.1, 0.15) is 32.3 Å². The van der Waals surface area contributed by atoms with Crippen molar-refractivity contribution < 1.29 is 28.2 Å². The van der Waals surface area contributed by atoms with Gasteiger partial charge in [-0.25, -0.2) is 9.18 Å². The Labute approximate surface area is 175 Å². The molecule has 0 saturated heterocycles. The molecule has 1 amide bonds. The molecule has 0 aliphatic carbocycles. The van der Waals surface area contributed by atoms with Crippen LogP contribution in [0, 0.1) is 5.82 Å². The summed E-state index contributed by atoms with van der Waals surface area (Å²) < 4.78 is 29.3. The number of anilines is 1. The second-order valence-corrected chi connectivity index (χ2v) is 6.34. The number of esters is 1. The SMILES string of the molecule is CCCCOc1ccc(/C=C/C(=O)OCC(=O)Nc2cccc(F)c2)cc1OCC. The van der Waals surface area contributed by atoms with Gasteiger partial charge in [0.25, 0.3) is 5.91 Å². The molecule has 0 unspecified atom stereocenters. The predicted octanol–water partition coefficient (Wildman–Crippen LogP) is 4.60. The highest BCUT2D eigenvalue weighted by atomic mass is 19.1. The number of ether oxygens (including phenoxy) is 3. The first-order valence-corrected chi connectivity index (χ1v) is 9.81. The monoisotopic (exact) mass is 415 g/mol. The van der Waals surface area contributed by atoms with Gasteiger partial charge < -0.3 is 19.5 Å². The van der Waals surface area contributed by atoms with Crippen LogP contribution in [-0.2, 0) is 14.3 Å². The largest absolute Gasteiger partial charge is 0.490 e. The van der Waals surface area contributed by atoms with E-state index in [2.05, 4.69) is 12.2 Å². The molecular formula is C23H26FNO5. The molecule has 7 heteroatoms. The Bertz CT molecular complexity index is 882. The van der Waals surface area contributed by atoms with E-state index >= 15 is 0 Å². The Hall–Kier alpha value is -3.35. The molecular weight excluding hydrogens is 389 g/mol. The standard InChI is InChI=1S/C23H26FNO5/c1-3-5-13-29-20-11-9-17(14-21(20)28-4-2)10-12-23(27)30-16-22(26)25-19-8-6-7-18(24)15-19/h6-12,14-15H,3-5,13,16H2,1-2H3,(H,25,26)/b12-10+. The van der Waals surface area contributed by atoms with Gasteiger partial charge >= 0.3 is 5.97 Å². The average molecular weight is 415 g/mol. The minimum Gasteiger partial charge on any atom is -0.490 e. The zero-order valence-electron chi connectivity index (χ0n) is 17.2. The molecule has 0 spiro atoms. The fourth-order valence-corrected chi connectivity index (χ4v) is 2.45. The predicted molar refractivity (Wildman–Crippen MR) is 113 cm³/mol. The molecule has 2 aromatic rings. The highest BCUT2D eigenvalue weighted by Crippen LogP contribution is 2.29. The molecule has 6 nitrogen and oxygen atoms in total. The van der Waals surface area contributed by atoms with Gasteiger partial charge in [0.1, 0.15) is 5.82 Å². The van der Waals surface area contributed by atoms with Crippen LogP contribution in [0.2, 0.25) is 0 Å². The first-order chi connectivity index (χ1) is 14.5. The minimum atomic E-state index is -0.675. The van der Waals surface area contributed by atoms with E-state index in [4.69, 9.17) is 14.2 Å². The summed E-state index contributed by atoms with van der Waals surface area (Å²) in [6.07, 6.45) is 4.77. The number of benzene rings is 2. The van der Waals surface area contributed by atoms with Crippen LogP contribution in [0.25, 0.3) is 6.08 Å². The van der Waals surface area contributed by atoms with Gasteiger partial charge in [0, 0.05) is 11.8 Å². The molecule has 2 aromatic carbocycles. The van der Waals surface area contributed by atoms with Crippen molar-refractivity contribution >= 4 is 23.6 Å². The van der Waals surface area contributed by atoms with Gasteiger partial charge in [0.2, 0.25) is 0 Å². The fraction of sp³-hybridized carbons (Fsp3) is 0.304. The Balaban J connectivity index is 1.88. The van der Waals surface area contributed by atoms with E-state index < -0.39 is 24.3 Å². The highest BCUT2D eigenvalue weighted by molar-refractivity contribution is 5.94. The van der Waals surface area contributed by atoms with E-state index in [9.17, 15) is 14.0 Å². The number of hydrogen-bond acceptors (Lipinski definition) is 5. The average Bonchev–Trinajstić information content (AvgIpc) is 2.72. The molecule has 0 saturated carbocycles. The Morgan fingerprint density at radius 3 is 2.63 bits per heavy atom. The number of halogens is 1. The fourth-order valence-electron chi connectivity index (χ4n) is 2.45. The van der Waals surface area contributed by atoms with Crippen molar-refractivity contribution in [2.75, 3.05) is 25.1 Å². The van der Waals surface area contributed by atoms with Gasteiger partial charge in [0.05, 0.1) is 13.2 Å². The first-order valence-electron chi connectivity index (χ1n) is 9.81. The van der Waals surface area contributed by atoms with Crippen molar-refractivity contribution in [1.29, 1.82) is 0 Å². The van der Waals surface area contributed by atoms with E-state index in [1.54, 1.807) is 24.3 Å². The third-order valence-corrected chi connectivity index (χ3v) is 3.89. The topological polar surface area (TPSA) is 73.9 Å². The quantitative estimate of drug-likeness (QED) is 0.330. The number of carbonyl (C=O) groups is 2. The van der Waals surface area contributed by atoms with Crippen LogP contribution in [-0.4, -0.2) is 31.7 Å². The molecule has 2 rings (SSSR count). The normalized spacial score (nSPS) is 10.6. The second kappa shape index (κ2) is 12.3. The summed E-state index contributed by atoms with van der Waals surface area (Å²) in [5, 5.41) is 2.45. The van der Waals surface area contributed by atoms with Crippen LogP contribution in [0.15, 0.2) is 48.5 Å². The third kappa shape index (κ3) is 7.95. The van der Waals surface area contributed by atoms with Crippen molar-refractivity contribution in [2.45, 2.75) is 26.7 Å². The van der Waals surface area contributed by atoms with Crippen LogP contribution in [0.5, 0.6) is 11.5 Å². The maximum Gasteiger partial charge on any atom is 0.331 e. The van der Waals surface area contributed by atoms with Crippen molar-refractivity contribution in [3.05, 3.63) is 59.9 Å². The molecule has 160 valence electrons. The van der Waals surface area contributed by atoms with Gasteiger partial charge in [-0.3, -0.25) is 4.79 Å². The van der Waals surface area contributed by atoms with E-state index in [1.807, 2.05) is 6.92 Å². The summed E-state index contributed by atoms with van der Waals surface area (Å²) in [7, 11) is 0. The van der Waals surface area contributed by atoms with Crippen LogP contribution < -0.4 is 14.8 Å². The van der Waals surface area contributed by atoms with Crippen molar-refractivity contribution in [3.63, 3.8) is 0 Å². The molecule has 0 aliphatic rings. The molecule has 0 bridgehead atoms. The van der Waals surface area contributed by atoms with E-state index in [1.165, 1.54) is 30.3 Å². The summed E-state index contributed by atoms with van der Waals surface area (Å²) in [5.74, 6) is -0.459. The van der Waals surface area contributed by atoms with Crippen molar-refractivity contribution in [1.82, 2.24) is 0 Å². The maximum absolute atomic E-state index is 13.1. The number of unbranched alkanes of at least 4 members (excludes halogenated alkanes) is 1. The van der Waals surface area contributed by atoms with Crippen molar-refractivity contribution in [2.24, 2.45) is 0 Å². The van der Waals surface area contributed by atoms with E-state index in [0.717, 1.165) is 18.4 Å². The van der Waals surface area contributed by atoms with Gasteiger partial charge in [-0.2, -0.15) is 0 Å². The molecule has 0 radical (unpaired) electrons. The Kier molecular flexibility index (Phi) is 9.37. The highest BCUT2D eigenvalue weighted by Gasteiger charge is 2.08. The summed E-state index contributed by atoms with van der Waals surface area (Å²) in [5.41, 5.74) is 1.01. The molecule has 1 N–H and O–H groups in total. The van der Waals surface area contributed by atoms with Crippen LogP contribution in [0.3, 0.4) is 0 Å². The number of amides is 1. The van der Waals surface area contributed by atoms with Gasteiger partial charge in [-0.1, -0.05) is 25.5 Å². The molecule has 0 heterocycles. The Morgan fingerprint density at radius 1 is 1.07 bits per heavy atom. The zero-order valence-corrected chi connectivity index (χ0v) is 17.2. The van der Waals surface area contributed by atoms with Gasteiger partial charge in [-0.05, 0) is 55.3 Å². The lowest BCUT2D eigenvalue weighted by Gasteiger charge is -2.12. The van der Waals surface area contributed by atoms with Crippen molar-refractivity contribution in [3.8, 4) is 11.5 Å². The van der Waals surface area contributed by atoms with E-state index in [0.29, 0.717) is 24.7 Å². The lowest BCUT2D eigenvalue weighted by atomic mass is 10.2. The molecule has 0 aliphatic heterocycles. The third-order valence-electron chi connectivity index (χ3n) is 3.89. The molecule has 30 heavy (non-hydrogen) atoms. The zero-order chi connectivity index (χ0) is 21.8. The summed E-state index contributed by atoms with van der Waals surface area (Å²) in [4.78, 5) is 23.7. The number of nitrogens with one attached hydrogen (secondary N) is 1. The minimum absolute atomic E-state index is 0.288. The molecule has 0 aromatic heterocycles. The summed E-state index contributed by atoms with van der Waals surface area (Å²) in [6.45, 7) is 4.58. The van der Waals surface area contributed by atoms with Gasteiger partial charge in [-0.15, -0.1) is 0 Å². The lowest BCUT2D eigenvalue weighted by Crippen LogP contribution is -2.20. The summed E-state index contributed by atoms with van der Waals surface area (Å²) in [6, 6.07) is 10.8. The van der Waals surface area contributed by atoms with E-state index in [-0.39, 0.29) is 5.69 Å². The first kappa shape index (κ1) is 22.9. The molecule has 0 atom stereocenters. The number of carbonyl (C=O) groups excluding carboxylic acids is 2. The maximum atomic E-state index is 13.1. The molecule has 0 fully saturated rings.